The minimum atomic E-state index is -4.47. The molecule has 0 fully saturated rings. The van der Waals surface area contributed by atoms with Crippen LogP contribution in [0.2, 0.25) is 0 Å². The van der Waals surface area contributed by atoms with Crippen LogP contribution in [0.1, 0.15) is 26.3 Å². The second-order valence-corrected chi connectivity index (χ2v) is 4.26. The van der Waals surface area contributed by atoms with Crippen LogP contribution in [-0.4, -0.2) is 22.0 Å². The average molecular weight is 310 g/mol. The molecule has 2 aromatic rings. The molecule has 5 nitrogen and oxygen atoms in total. The van der Waals surface area contributed by atoms with Crippen LogP contribution in [-0.2, 0) is 6.18 Å². The number of carbonyl (C=O) groups is 2. The minimum Gasteiger partial charge on any atom is -0.478 e. The van der Waals surface area contributed by atoms with Gasteiger partial charge in [-0.25, -0.2) is 4.79 Å². The van der Waals surface area contributed by atoms with Gasteiger partial charge in [0.1, 0.15) is 0 Å². The zero-order chi connectivity index (χ0) is 16.3. The molecule has 0 aliphatic heterocycles. The van der Waals surface area contributed by atoms with Crippen LogP contribution in [0, 0.1) is 0 Å². The number of rotatable bonds is 3. The predicted octanol–water partition coefficient (Wildman–Crippen LogP) is 3.05. The number of nitrogens with one attached hydrogen (secondary N) is 1. The molecule has 0 unspecified atom stereocenters. The van der Waals surface area contributed by atoms with Gasteiger partial charge in [-0.3, -0.25) is 9.78 Å². The van der Waals surface area contributed by atoms with Crippen molar-refractivity contribution in [2.45, 2.75) is 6.18 Å². The second-order valence-electron chi connectivity index (χ2n) is 4.26. The molecule has 8 heteroatoms. The molecule has 1 amide bonds. The Bertz CT molecular complexity index is 712. The van der Waals surface area contributed by atoms with Crippen molar-refractivity contribution in [1.29, 1.82) is 0 Å². The third-order valence-electron chi connectivity index (χ3n) is 2.77. The third-order valence-corrected chi connectivity index (χ3v) is 2.77. The van der Waals surface area contributed by atoms with E-state index in [1.165, 1.54) is 6.20 Å². The van der Waals surface area contributed by atoms with E-state index in [0.29, 0.717) is 0 Å². The number of aromatic carboxylic acids is 1. The van der Waals surface area contributed by atoms with Crippen molar-refractivity contribution in [2.75, 3.05) is 5.32 Å². The quantitative estimate of drug-likeness (QED) is 0.913. The van der Waals surface area contributed by atoms with Crippen LogP contribution in [0.3, 0.4) is 0 Å². The van der Waals surface area contributed by atoms with Gasteiger partial charge in [0.15, 0.2) is 0 Å². The average Bonchev–Trinajstić information content (AvgIpc) is 2.46. The number of nitrogens with zero attached hydrogens (tertiary/aromatic N) is 1. The molecule has 0 radical (unpaired) electrons. The summed E-state index contributed by atoms with van der Waals surface area (Å²) in [5.74, 6) is -2.08. The highest BCUT2D eigenvalue weighted by molar-refractivity contribution is 6.10. The van der Waals surface area contributed by atoms with Gasteiger partial charge in [0, 0.05) is 18.1 Å². The molecule has 114 valence electrons. The maximum absolute atomic E-state index is 12.4. The van der Waals surface area contributed by atoms with Crippen molar-refractivity contribution >= 4 is 17.6 Å². The lowest BCUT2D eigenvalue weighted by atomic mass is 10.1. The van der Waals surface area contributed by atoms with E-state index in [2.05, 4.69) is 10.3 Å². The molecule has 0 spiro atoms. The zero-order valence-corrected chi connectivity index (χ0v) is 10.9. The van der Waals surface area contributed by atoms with Crippen LogP contribution < -0.4 is 5.32 Å². The van der Waals surface area contributed by atoms with Gasteiger partial charge in [-0.15, -0.1) is 0 Å². The van der Waals surface area contributed by atoms with Crippen molar-refractivity contribution in [2.24, 2.45) is 0 Å². The van der Waals surface area contributed by atoms with E-state index in [1.807, 2.05) is 0 Å². The van der Waals surface area contributed by atoms with Gasteiger partial charge in [0.2, 0.25) is 0 Å². The van der Waals surface area contributed by atoms with Gasteiger partial charge in [0.25, 0.3) is 5.91 Å². The molecular weight excluding hydrogens is 301 g/mol. The smallest absolute Gasteiger partial charge is 0.416 e. The van der Waals surface area contributed by atoms with Gasteiger partial charge in [-0.1, -0.05) is 0 Å². The Morgan fingerprint density at radius 2 is 1.68 bits per heavy atom. The standard InChI is InChI=1S/C14H9F3N2O3/c15-14(16,17)8-1-3-9(4-2-8)19-12(20)11-7-18-6-5-10(11)13(21)22/h1-7H,(H,19,20)(H,21,22). The molecule has 0 bridgehead atoms. The van der Waals surface area contributed by atoms with Crippen LogP contribution in [0.4, 0.5) is 18.9 Å². The maximum atomic E-state index is 12.4. The molecule has 1 aromatic carbocycles. The van der Waals surface area contributed by atoms with Gasteiger partial charge >= 0.3 is 12.1 Å². The number of hydrogen-bond acceptors (Lipinski definition) is 3. The number of amides is 1. The van der Waals surface area contributed by atoms with Crippen molar-refractivity contribution in [3.63, 3.8) is 0 Å². The van der Waals surface area contributed by atoms with E-state index in [-0.39, 0.29) is 16.8 Å². The number of benzene rings is 1. The first kappa shape index (κ1) is 15.5. The molecule has 0 saturated heterocycles. The fraction of sp³-hybridized carbons (Fsp3) is 0.0714. The molecule has 2 rings (SSSR count). The normalized spacial score (nSPS) is 11.0. The summed E-state index contributed by atoms with van der Waals surface area (Å²) in [6, 6.07) is 4.95. The molecule has 0 aliphatic carbocycles. The second kappa shape index (κ2) is 5.84. The molecule has 2 N–H and O–H groups in total. The number of hydrogen-bond donors (Lipinski definition) is 2. The Labute approximate surface area is 122 Å². The highest BCUT2D eigenvalue weighted by Gasteiger charge is 2.30. The number of alkyl halides is 3. The van der Waals surface area contributed by atoms with Crippen LogP contribution in [0.15, 0.2) is 42.7 Å². The Morgan fingerprint density at radius 1 is 1.05 bits per heavy atom. The molecule has 0 atom stereocenters. The summed E-state index contributed by atoms with van der Waals surface area (Å²) < 4.78 is 37.3. The number of halogens is 3. The Morgan fingerprint density at radius 3 is 2.23 bits per heavy atom. The Kier molecular flexibility index (Phi) is 4.11. The van der Waals surface area contributed by atoms with Crippen LogP contribution >= 0.6 is 0 Å². The number of carbonyl (C=O) groups excluding carboxylic acids is 1. The highest BCUT2D eigenvalue weighted by atomic mass is 19.4. The van der Waals surface area contributed by atoms with E-state index < -0.39 is 23.6 Å². The fourth-order valence-corrected chi connectivity index (χ4v) is 1.70. The Balaban J connectivity index is 2.21. The summed E-state index contributed by atoms with van der Waals surface area (Å²) in [6.07, 6.45) is -2.18. The number of anilines is 1. The zero-order valence-electron chi connectivity index (χ0n) is 10.9. The number of aromatic nitrogens is 1. The first-order valence-electron chi connectivity index (χ1n) is 5.95. The van der Waals surface area contributed by atoms with Crippen molar-refractivity contribution in [1.82, 2.24) is 4.98 Å². The van der Waals surface area contributed by atoms with Crippen molar-refractivity contribution in [3.8, 4) is 0 Å². The summed E-state index contributed by atoms with van der Waals surface area (Å²) in [5, 5.41) is 11.3. The van der Waals surface area contributed by atoms with E-state index in [4.69, 9.17) is 5.11 Å². The summed E-state index contributed by atoms with van der Waals surface area (Å²) in [4.78, 5) is 26.6. The largest absolute Gasteiger partial charge is 0.478 e. The van der Waals surface area contributed by atoms with Crippen molar-refractivity contribution < 1.29 is 27.9 Å². The van der Waals surface area contributed by atoms with Crippen LogP contribution in [0.25, 0.3) is 0 Å². The van der Waals surface area contributed by atoms with E-state index in [0.717, 1.165) is 36.5 Å². The lowest BCUT2D eigenvalue weighted by Gasteiger charge is -2.09. The van der Waals surface area contributed by atoms with Crippen LogP contribution in [0.5, 0.6) is 0 Å². The molecular formula is C14H9F3N2O3. The first-order chi connectivity index (χ1) is 10.3. The maximum Gasteiger partial charge on any atom is 0.416 e. The lowest BCUT2D eigenvalue weighted by Crippen LogP contribution is -2.17. The number of carboxylic acids is 1. The van der Waals surface area contributed by atoms with E-state index in [1.54, 1.807) is 0 Å². The summed E-state index contributed by atoms with van der Waals surface area (Å²) in [5.41, 5.74) is -1.18. The topological polar surface area (TPSA) is 79.3 Å². The highest BCUT2D eigenvalue weighted by Crippen LogP contribution is 2.29. The third kappa shape index (κ3) is 3.40. The predicted molar refractivity (Wildman–Crippen MR) is 70.6 cm³/mol. The SMILES string of the molecule is O=C(O)c1ccncc1C(=O)Nc1ccc(C(F)(F)F)cc1. The molecule has 1 heterocycles. The molecule has 0 saturated carbocycles. The summed E-state index contributed by atoms with van der Waals surface area (Å²) in [7, 11) is 0. The van der Waals surface area contributed by atoms with Gasteiger partial charge in [-0.05, 0) is 30.3 Å². The Hall–Kier alpha value is -2.90. The van der Waals surface area contributed by atoms with Gasteiger partial charge < -0.3 is 10.4 Å². The molecule has 0 aliphatic rings. The number of pyridine rings is 1. The molecule has 22 heavy (non-hydrogen) atoms. The summed E-state index contributed by atoms with van der Waals surface area (Å²) >= 11 is 0. The minimum absolute atomic E-state index is 0.109. The van der Waals surface area contributed by atoms with E-state index >= 15 is 0 Å². The van der Waals surface area contributed by atoms with Crippen molar-refractivity contribution in [3.05, 3.63) is 59.4 Å². The number of carboxylic acid groups (broad SMARTS) is 1. The van der Waals surface area contributed by atoms with E-state index in [9.17, 15) is 22.8 Å². The fourth-order valence-electron chi connectivity index (χ4n) is 1.70. The lowest BCUT2D eigenvalue weighted by molar-refractivity contribution is -0.137. The molecule has 1 aromatic heterocycles. The van der Waals surface area contributed by atoms with Gasteiger partial charge in [-0.2, -0.15) is 13.2 Å². The monoisotopic (exact) mass is 310 g/mol. The summed E-state index contributed by atoms with van der Waals surface area (Å²) in [6.45, 7) is 0. The first-order valence-corrected chi connectivity index (χ1v) is 5.95. The van der Waals surface area contributed by atoms with Gasteiger partial charge in [0.05, 0.1) is 16.7 Å².